The van der Waals surface area contributed by atoms with Crippen molar-refractivity contribution in [2.45, 2.75) is 19.8 Å². The molecule has 0 saturated carbocycles. The lowest BCUT2D eigenvalue weighted by Crippen LogP contribution is -2.28. The van der Waals surface area contributed by atoms with Crippen molar-refractivity contribution in [1.82, 2.24) is 15.4 Å². The van der Waals surface area contributed by atoms with Gasteiger partial charge in [0.05, 0.1) is 6.21 Å². The zero-order valence-electron chi connectivity index (χ0n) is 12.4. The lowest BCUT2D eigenvalue weighted by atomic mass is 10.1. The van der Waals surface area contributed by atoms with Crippen LogP contribution in [0, 0.1) is 6.92 Å². The Morgan fingerprint density at radius 3 is 2.74 bits per heavy atom. The molecule has 0 spiro atoms. The van der Waals surface area contributed by atoms with Crippen LogP contribution in [-0.2, 0) is 11.2 Å². The number of benzene rings is 1. The number of carbonyl (C=O) groups excluding carboxylic acids is 1. The van der Waals surface area contributed by atoms with Crippen molar-refractivity contribution in [2.75, 3.05) is 0 Å². The highest BCUT2D eigenvalue weighted by Crippen LogP contribution is 2.12. The molecule has 120 valence electrons. The van der Waals surface area contributed by atoms with E-state index in [1.54, 1.807) is 25.1 Å². The van der Waals surface area contributed by atoms with Crippen molar-refractivity contribution >= 4 is 12.1 Å². The highest BCUT2D eigenvalue weighted by molar-refractivity contribution is 5.85. The van der Waals surface area contributed by atoms with E-state index in [9.17, 15) is 19.5 Å². The fourth-order valence-electron chi connectivity index (χ4n) is 1.99. The Morgan fingerprint density at radius 2 is 2.04 bits per heavy atom. The highest BCUT2D eigenvalue weighted by Gasteiger charge is 2.08. The summed E-state index contributed by atoms with van der Waals surface area (Å²) in [6.45, 7) is 1.60. The summed E-state index contributed by atoms with van der Waals surface area (Å²) in [4.78, 5) is 39.0. The number of aromatic hydroxyl groups is 1. The number of amides is 1. The molecule has 0 aliphatic rings. The fourth-order valence-corrected chi connectivity index (χ4v) is 1.99. The minimum absolute atomic E-state index is 0.0358. The van der Waals surface area contributed by atoms with Crippen molar-refractivity contribution in [1.29, 1.82) is 0 Å². The average molecular weight is 316 g/mol. The predicted octanol–water partition coefficient (Wildman–Crippen LogP) is 0.160. The van der Waals surface area contributed by atoms with E-state index in [1.807, 2.05) is 0 Å². The summed E-state index contributed by atoms with van der Waals surface area (Å²) < 4.78 is 0. The van der Waals surface area contributed by atoms with Crippen LogP contribution < -0.4 is 16.7 Å². The third-order valence-electron chi connectivity index (χ3n) is 3.19. The normalized spacial score (nSPS) is 10.8. The molecule has 0 radical (unpaired) electrons. The Labute approximate surface area is 130 Å². The van der Waals surface area contributed by atoms with Crippen LogP contribution in [0.5, 0.6) is 5.75 Å². The van der Waals surface area contributed by atoms with Gasteiger partial charge in [-0.25, -0.2) is 10.2 Å². The first-order chi connectivity index (χ1) is 11.0. The number of nitrogens with zero attached hydrogens (tertiary/aromatic N) is 1. The number of carbonyl (C=O) groups is 1. The van der Waals surface area contributed by atoms with Gasteiger partial charge in [0.2, 0.25) is 5.91 Å². The van der Waals surface area contributed by atoms with Gasteiger partial charge in [-0.2, -0.15) is 5.10 Å². The summed E-state index contributed by atoms with van der Waals surface area (Å²) >= 11 is 0. The molecule has 0 fully saturated rings. The number of aromatic nitrogens is 2. The van der Waals surface area contributed by atoms with E-state index in [2.05, 4.69) is 20.5 Å². The Hall–Kier alpha value is -3.16. The second-order valence-corrected chi connectivity index (χ2v) is 4.86. The van der Waals surface area contributed by atoms with Crippen LogP contribution in [0.1, 0.15) is 23.2 Å². The fraction of sp³-hybridized carbons (Fsp3) is 0.200. The average Bonchev–Trinajstić information content (AvgIpc) is 2.48. The number of hydrogen-bond acceptors (Lipinski definition) is 5. The number of rotatable bonds is 5. The van der Waals surface area contributed by atoms with E-state index < -0.39 is 11.2 Å². The molecule has 8 heteroatoms. The number of phenolic OH excluding ortho intramolecular Hbond substituents is 1. The Morgan fingerprint density at radius 1 is 1.30 bits per heavy atom. The van der Waals surface area contributed by atoms with Crippen LogP contribution in [0.4, 0.5) is 0 Å². The maximum Gasteiger partial charge on any atom is 0.325 e. The summed E-state index contributed by atoms with van der Waals surface area (Å²) in [6, 6.07) is 6.56. The molecule has 0 saturated heterocycles. The zero-order valence-corrected chi connectivity index (χ0v) is 12.4. The molecule has 1 aromatic carbocycles. The molecule has 0 unspecified atom stereocenters. The van der Waals surface area contributed by atoms with Crippen LogP contribution in [0.3, 0.4) is 0 Å². The molecule has 1 amide bonds. The van der Waals surface area contributed by atoms with Crippen molar-refractivity contribution in [2.24, 2.45) is 5.10 Å². The number of aryl methyl sites for hydroxylation is 1. The lowest BCUT2D eigenvalue weighted by Gasteiger charge is -2.03. The molecular formula is C15H16N4O4. The number of nitrogens with one attached hydrogen (secondary N) is 3. The first kappa shape index (κ1) is 16.2. The van der Waals surface area contributed by atoms with Crippen molar-refractivity contribution in [3.05, 3.63) is 61.9 Å². The third kappa shape index (κ3) is 4.40. The molecule has 0 aliphatic carbocycles. The highest BCUT2D eigenvalue weighted by atomic mass is 16.3. The summed E-state index contributed by atoms with van der Waals surface area (Å²) in [7, 11) is 0. The van der Waals surface area contributed by atoms with E-state index in [4.69, 9.17) is 0 Å². The maximum atomic E-state index is 11.7. The van der Waals surface area contributed by atoms with Gasteiger partial charge in [0.1, 0.15) is 5.75 Å². The van der Waals surface area contributed by atoms with Crippen molar-refractivity contribution in [3.63, 3.8) is 0 Å². The van der Waals surface area contributed by atoms with Gasteiger partial charge >= 0.3 is 5.69 Å². The second-order valence-electron chi connectivity index (χ2n) is 4.86. The number of hydrazone groups is 1. The van der Waals surface area contributed by atoms with E-state index >= 15 is 0 Å². The van der Waals surface area contributed by atoms with Crippen LogP contribution in [0.15, 0.2) is 39.0 Å². The van der Waals surface area contributed by atoms with E-state index in [0.717, 1.165) is 0 Å². The van der Waals surface area contributed by atoms with Crippen molar-refractivity contribution < 1.29 is 9.90 Å². The smallest absolute Gasteiger partial charge is 0.325 e. The first-order valence-electron chi connectivity index (χ1n) is 6.89. The van der Waals surface area contributed by atoms with E-state index in [1.165, 1.54) is 12.3 Å². The van der Waals surface area contributed by atoms with Crippen molar-refractivity contribution in [3.8, 4) is 5.75 Å². The van der Waals surface area contributed by atoms with Gasteiger partial charge in [-0.1, -0.05) is 12.1 Å². The van der Waals surface area contributed by atoms with Gasteiger partial charge in [0.25, 0.3) is 5.56 Å². The number of hydrogen-bond donors (Lipinski definition) is 4. The first-order valence-corrected chi connectivity index (χ1v) is 6.89. The molecule has 1 heterocycles. The van der Waals surface area contributed by atoms with Crippen LogP contribution in [-0.4, -0.2) is 27.2 Å². The predicted molar refractivity (Wildman–Crippen MR) is 84.6 cm³/mol. The molecule has 23 heavy (non-hydrogen) atoms. The lowest BCUT2D eigenvalue weighted by molar-refractivity contribution is -0.121. The van der Waals surface area contributed by atoms with Gasteiger partial charge in [-0.15, -0.1) is 0 Å². The molecule has 8 nitrogen and oxygen atoms in total. The van der Waals surface area contributed by atoms with Gasteiger partial charge in [0, 0.05) is 23.2 Å². The van der Waals surface area contributed by atoms with Crippen LogP contribution in [0.25, 0.3) is 0 Å². The molecular weight excluding hydrogens is 300 g/mol. The molecule has 0 bridgehead atoms. The number of aromatic amines is 2. The molecule has 0 atom stereocenters. The van der Waals surface area contributed by atoms with Crippen LogP contribution in [0.2, 0.25) is 0 Å². The number of para-hydroxylation sites is 1. The summed E-state index contributed by atoms with van der Waals surface area (Å²) in [5, 5.41) is 13.3. The zero-order chi connectivity index (χ0) is 16.8. The molecule has 2 rings (SSSR count). The SMILES string of the molecule is Cc1[nH]c(=O)[nH]c(=O)c1CCC(=O)N/N=C/c1ccccc1O. The maximum absolute atomic E-state index is 11.7. The summed E-state index contributed by atoms with van der Waals surface area (Å²) in [5.41, 5.74) is 2.49. The van der Waals surface area contributed by atoms with E-state index in [-0.39, 0.29) is 24.5 Å². The Bertz CT molecular complexity index is 851. The summed E-state index contributed by atoms with van der Waals surface area (Å²) in [5.74, 6) is -0.331. The standard InChI is InChI=1S/C15H16N4O4/c1-9-11(14(22)18-15(23)17-9)6-7-13(21)19-16-8-10-4-2-3-5-12(10)20/h2-5,8,20H,6-7H2,1H3,(H,19,21)(H2,17,18,22,23)/b16-8+. The van der Waals surface area contributed by atoms with Gasteiger partial charge in [-0.05, 0) is 25.5 Å². The molecule has 1 aromatic heterocycles. The monoisotopic (exact) mass is 316 g/mol. The minimum atomic E-state index is -0.576. The third-order valence-corrected chi connectivity index (χ3v) is 3.19. The second kappa shape index (κ2) is 7.21. The topological polar surface area (TPSA) is 127 Å². The van der Waals surface area contributed by atoms with Gasteiger partial charge < -0.3 is 10.1 Å². The Kier molecular flexibility index (Phi) is 5.08. The van der Waals surface area contributed by atoms with Gasteiger partial charge in [-0.3, -0.25) is 14.6 Å². The summed E-state index contributed by atoms with van der Waals surface area (Å²) in [6.07, 6.45) is 1.54. The van der Waals surface area contributed by atoms with Gasteiger partial charge in [0.15, 0.2) is 0 Å². The quantitative estimate of drug-likeness (QED) is 0.463. The number of phenols is 1. The molecule has 0 aliphatic heterocycles. The molecule has 2 aromatic rings. The minimum Gasteiger partial charge on any atom is -0.507 e. The largest absolute Gasteiger partial charge is 0.507 e. The number of H-pyrrole nitrogens is 2. The Balaban J connectivity index is 1.93. The van der Waals surface area contributed by atoms with E-state index in [0.29, 0.717) is 16.8 Å². The molecule has 4 N–H and O–H groups in total. The van der Waals surface area contributed by atoms with Crippen LogP contribution >= 0.6 is 0 Å².